The zero-order chi connectivity index (χ0) is 19.6. The second-order valence-electron chi connectivity index (χ2n) is 5.69. The van der Waals surface area contributed by atoms with Crippen LogP contribution in [-0.2, 0) is 0 Å². The van der Waals surface area contributed by atoms with E-state index in [9.17, 15) is 9.59 Å². The van der Waals surface area contributed by atoms with Gasteiger partial charge in [0.25, 0.3) is 11.8 Å². The Kier molecular flexibility index (Phi) is 7.76. The van der Waals surface area contributed by atoms with Crippen molar-refractivity contribution in [1.82, 2.24) is 10.6 Å². The molecule has 7 heteroatoms. The predicted molar refractivity (Wildman–Crippen MR) is 110 cm³/mol. The minimum atomic E-state index is -0.357. The van der Waals surface area contributed by atoms with Crippen LogP contribution in [0.3, 0.4) is 0 Å². The van der Waals surface area contributed by atoms with Gasteiger partial charge in [-0.05, 0) is 55.9 Å². The highest BCUT2D eigenvalue weighted by Crippen LogP contribution is 2.16. The zero-order valence-electron chi connectivity index (χ0n) is 15.4. The van der Waals surface area contributed by atoms with Crippen LogP contribution < -0.4 is 20.7 Å². The fourth-order valence-electron chi connectivity index (χ4n) is 2.32. The summed E-state index contributed by atoms with van der Waals surface area (Å²) in [6, 6.07) is 13.8. The second-order valence-corrected chi connectivity index (χ2v) is 6.10. The summed E-state index contributed by atoms with van der Waals surface area (Å²) in [5.41, 5.74) is 1.41. The average molecular weight is 385 g/mol. The van der Waals surface area contributed by atoms with Gasteiger partial charge in [0.05, 0.1) is 17.9 Å². The van der Waals surface area contributed by atoms with Gasteiger partial charge in [-0.25, -0.2) is 0 Å². The molecule has 0 saturated heterocycles. The first-order valence-electron chi connectivity index (χ1n) is 8.77. The van der Waals surface area contributed by atoms with Crippen molar-refractivity contribution in [3.05, 3.63) is 59.7 Å². The molecule has 0 aliphatic carbocycles. The van der Waals surface area contributed by atoms with Crippen molar-refractivity contribution in [2.24, 2.45) is 0 Å². The molecule has 2 aromatic carbocycles. The Morgan fingerprint density at radius 2 is 1.81 bits per heavy atom. The van der Waals surface area contributed by atoms with E-state index in [2.05, 4.69) is 16.0 Å². The van der Waals surface area contributed by atoms with Gasteiger partial charge in [-0.2, -0.15) is 0 Å². The van der Waals surface area contributed by atoms with Gasteiger partial charge >= 0.3 is 0 Å². The third-order valence-corrected chi connectivity index (χ3v) is 3.76. The lowest BCUT2D eigenvalue weighted by molar-refractivity contribution is 0.0954. The molecule has 0 fully saturated rings. The third-order valence-electron chi connectivity index (χ3n) is 3.55. The van der Waals surface area contributed by atoms with E-state index in [1.54, 1.807) is 48.5 Å². The molecule has 6 nitrogen and oxygen atoms in total. The molecular formula is C20H23N3O3S. The second kappa shape index (κ2) is 10.3. The van der Waals surface area contributed by atoms with Gasteiger partial charge in [-0.3, -0.25) is 14.9 Å². The molecule has 0 unspecified atom stereocenters. The summed E-state index contributed by atoms with van der Waals surface area (Å²) in [6.07, 6.45) is 0.884. The number of anilines is 1. The van der Waals surface area contributed by atoms with Crippen LogP contribution in [0, 0.1) is 0 Å². The van der Waals surface area contributed by atoms with Crippen molar-refractivity contribution in [2.45, 2.75) is 20.3 Å². The first-order chi connectivity index (χ1) is 13.0. The molecule has 2 amide bonds. The van der Waals surface area contributed by atoms with Crippen molar-refractivity contribution < 1.29 is 14.3 Å². The molecule has 2 rings (SSSR count). The van der Waals surface area contributed by atoms with E-state index >= 15 is 0 Å². The van der Waals surface area contributed by atoms with Crippen molar-refractivity contribution in [3.8, 4) is 5.75 Å². The number of rotatable bonds is 7. The number of nitrogens with one attached hydrogen (secondary N) is 3. The normalized spacial score (nSPS) is 10.0. The Hall–Kier alpha value is -2.93. The van der Waals surface area contributed by atoms with Crippen LogP contribution in [-0.4, -0.2) is 30.1 Å². The van der Waals surface area contributed by atoms with Gasteiger partial charge in [0.1, 0.15) is 5.75 Å². The maximum Gasteiger partial charge on any atom is 0.257 e. The molecule has 0 heterocycles. The molecule has 0 bridgehead atoms. The monoisotopic (exact) mass is 385 g/mol. The van der Waals surface area contributed by atoms with Crippen molar-refractivity contribution >= 4 is 34.8 Å². The maximum atomic E-state index is 12.4. The first kappa shape index (κ1) is 20.4. The third kappa shape index (κ3) is 6.07. The van der Waals surface area contributed by atoms with E-state index in [-0.39, 0.29) is 16.9 Å². The van der Waals surface area contributed by atoms with Crippen LogP contribution in [0.4, 0.5) is 5.69 Å². The summed E-state index contributed by atoms with van der Waals surface area (Å²) < 4.78 is 5.54. The quantitative estimate of drug-likeness (QED) is 0.637. The molecule has 0 atom stereocenters. The Morgan fingerprint density at radius 1 is 1.04 bits per heavy atom. The van der Waals surface area contributed by atoms with E-state index in [0.717, 1.165) is 6.42 Å². The highest BCUT2D eigenvalue weighted by Gasteiger charge is 2.13. The largest absolute Gasteiger partial charge is 0.494 e. The van der Waals surface area contributed by atoms with Crippen molar-refractivity contribution in [1.29, 1.82) is 0 Å². The van der Waals surface area contributed by atoms with Gasteiger partial charge in [0.15, 0.2) is 5.11 Å². The van der Waals surface area contributed by atoms with Gasteiger partial charge in [-0.1, -0.05) is 25.1 Å². The minimum absolute atomic E-state index is 0.108. The van der Waals surface area contributed by atoms with Crippen LogP contribution in [0.25, 0.3) is 0 Å². The smallest absolute Gasteiger partial charge is 0.257 e. The van der Waals surface area contributed by atoms with Crippen molar-refractivity contribution in [3.63, 3.8) is 0 Å². The number of thiocarbonyl (C=S) groups is 1. The van der Waals surface area contributed by atoms with Crippen LogP contribution in [0.1, 0.15) is 41.0 Å². The Morgan fingerprint density at radius 3 is 2.56 bits per heavy atom. The molecular weight excluding hydrogens is 362 g/mol. The highest BCUT2D eigenvalue weighted by atomic mass is 32.1. The fraction of sp³-hybridized carbons (Fsp3) is 0.250. The molecule has 0 aliphatic rings. The summed E-state index contributed by atoms with van der Waals surface area (Å²) in [5, 5.41) is 8.38. The SMILES string of the molecule is CCCOc1cccc(C(=O)NC(=S)Nc2ccccc2C(=O)NCC)c1. The average Bonchev–Trinajstić information content (AvgIpc) is 2.67. The number of amides is 2. The van der Waals surface area contributed by atoms with E-state index < -0.39 is 0 Å². The molecule has 3 N–H and O–H groups in total. The Labute approximate surface area is 164 Å². The van der Waals surface area contributed by atoms with Crippen LogP contribution in [0.5, 0.6) is 5.75 Å². The summed E-state index contributed by atoms with van der Waals surface area (Å²) in [7, 11) is 0. The Balaban J connectivity index is 2.04. The molecule has 0 aromatic heterocycles. The molecule has 0 radical (unpaired) electrons. The number of para-hydroxylation sites is 1. The number of benzene rings is 2. The molecule has 27 heavy (non-hydrogen) atoms. The number of carbonyl (C=O) groups excluding carboxylic acids is 2. The summed E-state index contributed by atoms with van der Waals surface area (Å²) >= 11 is 5.22. The summed E-state index contributed by atoms with van der Waals surface area (Å²) in [4.78, 5) is 24.5. The van der Waals surface area contributed by atoms with Crippen LogP contribution >= 0.6 is 12.2 Å². The standard InChI is InChI=1S/C20H23N3O3S/c1-3-12-26-15-9-7-8-14(13-15)18(24)23-20(27)22-17-11-6-5-10-16(17)19(25)21-4-2/h5-11,13H,3-4,12H2,1-2H3,(H,21,25)(H2,22,23,24,27). The number of hydrogen-bond donors (Lipinski definition) is 3. The Bertz CT molecular complexity index is 824. The van der Waals surface area contributed by atoms with Gasteiger partial charge < -0.3 is 15.4 Å². The van der Waals surface area contributed by atoms with E-state index in [1.165, 1.54) is 0 Å². The zero-order valence-corrected chi connectivity index (χ0v) is 16.2. The summed E-state index contributed by atoms with van der Waals surface area (Å²) in [6.45, 7) is 4.96. The molecule has 0 aliphatic heterocycles. The molecule has 0 saturated carbocycles. The topological polar surface area (TPSA) is 79.5 Å². The summed E-state index contributed by atoms with van der Waals surface area (Å²) in [5.74, 6) is 0.0606. The minimum Gasteiger partial charge on any atom is -0.494 e. The maximum absolute atomic E-state index is 12.4. The highest BCUT2D eigenvalue weighted by molar-refractivity contribution is 7.80. The number of ether oxygens (including phenoxy) is 1. The van der Waals surface area contributed by atoms with E-state index in [1.807, 2.05) is 13.8 Å². The number of hydrogen-bond acceptors (Lipinski definition) is 4. The van der Waals surface area contributed by atoms with Crippen LogP contribution in [0.15, 0.2) is 48.5 Å². The van der Waals surface area contributed by atoms with Gasteiger partial charge in [-0.15, -0.1) is 0 Å². The predicted octanol–water partition coefficient (Wildman–Crippen LogP) is 3.35. The van der Waals surface area contributed by atoms with Gasteiger partial charge in [0, 0.05) is 12.1 Å². The lowest BCUT2D eigenvalue weighted by atomic mass is 10.1. The first-order valence-corrected chi connectivity index (χ1v) is 9.18. The fourth-order valence-corrected chi connectivity index (χ4v) is 2.52. The van der Waals surface area contributed by atoms with Crippen molar-refractivity contribution in [2.75, 3.05) is 18.5 Å². The van der Waals surface area contributed by atoms with E-state index in [4.69, 9.17) is 17.0 Å². The lowest BCUT2D eigenvalue weighted by Crippen LogP contribution is -2.35. The van der Waals surface area contributed by atoms with E-state index in [0.29, 0.717) is 35.7 Å². The van der Waals surface area contributed by atoms with Gasteiger partial charge in [0.2, 0.25) is 0 Å². The molecule has 0 spiro atoms. The number of carbonyl (C=O) groups is 2. The lowest BCUT2D eigenvalue weighted by Gasteiger charge is -2.13. The molecule has 2 aromatic rings. The molecule has 142 valence electrons. The van der Waals surface area contributed by atoms with Crippen LogP contribution in [0.2, 0.25) is 0 Å².